The molecule has 7 heteroatoms. The van der Waals surface area contributed by atoms with Gasteiger partial charge in [-0.2, -0.15) is 10.2 Å². The number of amides is 2. The Hall–Kier alpha value is -1.79. The normalized spacial score (nSPS) is 21.2. The zero-order valence-electron chi connectivity index (χ0n) is 11.3. The van der Waals surface area contributed by atoms with Gasteiger partial charge in [-0.15, -0.1) is 0 Å². The first-order chi connectivity index (χ1) is 9.49. The Kier molecular flexibility index (Phi) is 4.46. The highest BCUT2D eigenvalue weighted by molar-refractivity contribution is 5.89. The van der Waals surface area contributed by atoms with E-state index >= 15 is 0 Å². The van der Waals surface area contributed by atoms with E-state index in [9.17, 15) is 13.6 Å². The Morgan fingerprint density at radius 1 is 1.50 bits per heavy atom. The number of aromatic nitrogens is 2. The Morgan fingerprint density at radius 2 is 2.30 bits per heavy atom. The van der Waals surface area contributed by atoms with Gasteiger partial charge in [0.2, 0.25) is 0 Å². The standard InChI is InChI=1S/C13H18F2N4O/c1-9-11(5-7-17-19-9)18-12(20)16-8-10-4-2-3-6-13(10,14)15/h5,7,10H,2-4,6,8H2,1H3,(H2,16,17,18,20). The average molecular weight is 284 g/mol. The van der Waals surface area contributed by atoms with Crippen molar-refractivity contribution in [2.45, 2.75) is 38.5 Å². The topological polar surface area (TPSA) is 66.9 Å². The van der Waals surface area contributed by atoms with Crippen LogP contribution in [0.3, 0.4) is 0 Å². The van der Waals surface area contributed by atoms with E-state index in [0.717, 1.165) is 6.42 Å². The molecule has 0 aliphatic heterocycles. The molecule has 0 radical (unpaired) electrons. The van der Waals surface area contributed by atoms with Crippen LogP contribution in [0.4, 0.5) is 19.3 Å². The van der Waals surface area contributed by atoms with Gasteiger partial charge in [-0.1, -0.05) is 6.42 Å². The van der Waals surface area contributed by atoms with Gasteiger partial charge in [0.15, 0.2) is 0 Å². The summed E-state index contributed by atoms with van der Waals surface area (Å²) < 4.78 is 27.2. The minimum atomic E-state index is -2.68. The fraction of sp³-hybridized carbons (Fsp3) is 0.615. The number of aryl methyl sites for hydroxylation is 1. The van der Waals surface area contributed by atoms with Crippen LogP contribution in [0.15, 0.2) is 12.3 Å². The van der Waals surface area contributed by atoms with Crippen molar-refractivity contribution in [3.8, 4) is 0 Å². The number of nitrogens with one attached hydrogen (secondary N) is 2. The largest absolute Gasteiger partial charge is 0.337 e. The lowest BCUT2D eigenvalue weighted by Crippen LogP contribution is -2.42. The summed E-state index contributed by atoms with van der Waals surface area (Å²) in [6, 6.07) is 1.11. The van der Waals surface area contributed by atoms with Crippen molar-refractivity contribution in [1.29, 1.82) is 0 Å². The van der Waals surface area contributed by atoms with Crippen LogP contribution in [0.25, 0.3) is 0 Å². The maximum atomic E-state index is 13.6. The second kappa shape index (κ2) is 6.11. The third-order valence-corrected chi connectivity index (χ3v) is 3.57. The first kappa shape index (κ1) is 14.6. The zero-order chi connectivity index (χ0) is 14.6. The van der Waals surface area contributed by atoms with Crippen LogP contribution >= 0.6 is 0 Å². The van der Waals surface area contributed by atoms with Gasteiger partial charge in [-0.05, 0) is 25.8 Å². The molecule has 2 rings (SSSR count). The lowest BCUT2D eigenvalue weighted by Gasteiger charge is -2.31. The summed E-state index contributed by atoms with van der Waals surface area (Å²) in [6.07, 6.45) is 3.16. The number of carbonyl (C=O) groups excluding carboxylic acids is 1. The molecule has 1 aromatic rings. The molecule has 0 spiro atoms. The molecule has 1 unspecified atom stereocenters. The number of anilines is 1. The number of nitrogens with zero attached hydrogens (tertiary/aromatic N) is 2. The van der Waals surface area contributed by atoms with E-state index in [1.54, 1.807) is 13.0 Å². The second-order valence-corrected chi connectivity index (χ2v) is 5.07. The third-order valence-electron chi connectivity index (χ3n) is 3.57. The quantitative estimate of drug-likeness (QED) is 0.896. The van der Waals surface area contributed by atoms with Crippen LogP contribution < -0.4 is 10.6 Å². The molecule has 1 aliphatic carbocycles. The molecule has 1 aromatic heterocycles. The number of rotatable bonds is 3. The molecular formula is C13H18F2N4O. The third kappa shape index (κ3) is 3.61. The van der Waals surface area contributed by atoms with Gasteiger partial charge in [0.25, 0.3) is 5.92 Å². The Balaban J connectivity index is 1.85. The molecule has 1 heterocycles. The van der Waals surface area contributed by atoms with Gasteiger partial charge >= 0.3 is 6.03 Å². The van der Waals surface area contributed by atoms with E-state index in [-0.39, 0.29) is 13.0 Å². The van der Waals surface area contributed by atoms with Gasteiger partial charge in [-0.25, -0.2) is 13.6 Å². The van der Waals surface area contributed by atoms with Crippen LogP contribution in [0.1, 0.15) is 31.4 Å². The van der Waals surface area contributed by atoms with Gasteiger partial charge in [0.05, 0.1) is 17.6 Å². The van der Waals surface area contributed by atoms with Crippen LogP contribution in [-0.2, 0) is 0 Å². The zero-order valence-corrected chi connectivity index (χ0v) is 11.3. The van der Waals surface area contributed by atoms with Gasteiger partial charge < -0.3 is 10.6 Å². The Morgan fingerprint density at radius 3 is 3.00 bits per heavy atom. The Labute approximate surface area is 116 Å². The van der Waals surface area contributed by atoms with E-state index in [2.05, 4.69) is 20.8 Å². The number of halogens is 2. The summed E-state index contributed by atoms with van der Waals surface area (Å²) in [7, 11) is 0. The summed E-state index contributed by atoms with van der Waals surface area (Å²) in [6.45, 7) is 1.69. The van der Waals surface area contributed by atoms with E-state index in [1.165, 1.54) is 6.20 Å². The summed E-state index contributed by atoms with van der Waals surface area (Å²) in [5.41, 5.74) is 1.10. The van der Waals surface area contributed by atoms with Crippen molar-refractivity contribution < 1.29 is 13.6 Å². The van der Waals surface area contributed by atoms with Crippen LogP contribution in [0, 0.1) is 12.8 Å². The fourth-order valence-electron chi connectivity index (χ4n) is 2.33. The number of carbonyl (C=O) groups is 1. The van der Waals surface area contributed by atoms with Crippen molar-refractivity contribution in [1.82, 2.24) is 15.5 Å². The molecule has 0 saturated heterocycles. The monoisotopic (exact) mass is 284 g/mol. The van der Waals surface area contributed by atoms with Crippen LogP contribution in [0.5, 0.6) is 0 Å². The minimum absolute atomic E-state index is 0.0175. The smallest absolute Gasteiger partial charge is 0.319 e. The van der Waals surface area contributed by atoms with Gasteiger partial charge in [0, 0.05) is 18.9 Å². The SMILES string of the molecule is Cc1nnccc1NC(=O)NCC1CCCCC1(F)F. The maximum Gasteiger partial charge on any atom is 0.319 e. The molecule has 1 atom stereocenters. The van der Waals surface area contributed by atoms with Crippen molar-refractivity contribution in [2.24, 2.45) is 5.92 Å². The Bertz CT molecular complexity index is 481. The summed E-state index contributed by atoms with van der Waals surface area (Å²) >= 11 is 0. The highest BCUT2D eigenvalue weighted by atomic mass is 19.3. The van der Waals surface area contributed by atoms with E-state index in [1.807, 2.05) is 0 Å². The summed E-state index contributed by atoms with van der Waals surface area (Å²) in [4.78, 5) is 11.7. The molecule has 110 valence electrons. The summed E-state index contributed by atoms with van der Waals surface area (Å²) in [5, 5.41) is 12.5. The van der Waals surface area contributed by atoms with E-state index in [4.69, 9.17) is 0 Å². The predicted molar refractivity (Wildman–Crippen MR) is 70.7 cm³/mol. The molecule has 0 bridgehead atoms. The molecule has 2 amide bonds. The molecular weight excluding hydrogens is 266 g/mol. The van der Waals surface area contributed by atoms with Crippen molar-refractivity contribution in [2.75, 3.05) is 11.9 Å². The highest BCUT2D eigenvalue weighted by Crippen LogP contribution is 2.37. The molecule has 5 nitrogen and oxygen atoms in total. The molecule has 0 aromatic carbocycles. The highest BCUT2D eigenvalue weighted by Gasteiger charge is 2.41. The van der Waals surface area contributed by atoms with Crippen LogP contribution in [-0.4, -0.2) is 28.7 Å². The molecule has 1 saturated carbocycles. The minimum Gasteiger partial charge on any atom is -0.337 e. The molecule has 1 fully saturated rings. The summed E-state index contributed by atoms with van der Waals surface area (Å²) in [5.74, 6) is -3.46. The average Bonchev–Trinajstić information content (AvgIpc) is 2.40. The second-order valence-electron chi connectivity index (χ2n) is 5.07. The first-order valence-corrected chi connectivity index (χ1v) is 6.70. The molecule has 20 heavy (non-hydrogen) atoms. The van der Waals surface area contributed by atoms with Crippen LogP contribution in [0.2, 0.25) is 0 Å². The fourth-order valence-corrected chi connectivity index (χ4v) is 2.33. The number of alkyl halides is 2. The number of hydrogen-bond donors (Lipinski definition) is 2. The van der Waals surface area contributed by atoms with Crippen molar-refractivity contribution in [3.05, 3.63) is 18.0 Å². The lowest BCUT2D eigenvalue weighted by molar-refractivity contribution is -0.0832. The molecule has 1 aliphatic rings. The van der Waals surface area contributed by atoms with Gasteiger partial charge in [-0.3, -0.25) is 0 Å². The molecule has 2 N–H and O–H groups in total. The number of hydrogen-bond acceptors (Lipinski definition) is 3. The van der Waals surface area contributed by atoms with Crippen molar-refractivity contribution >= 4 is 11.7 Å². The lowest BCUT2D eigenvalue weighted by atomic mass is 9.85. The van der Waals surface area contributed by atoms with E-state index in [0.29, 0.717) is 24.2 Å². The van der Waals surface area contributed by atoms with Crippen molar-refractivity contribution in [3.63, 3.8) is 0 Å². The van der Waals surface area contributed by atoms with E-state index < -0.39 is 17.9 Å². The maximum absolute atomic E-state index is 13.6. The predicted octanol–water partition coefficient (Wildman–Crippen LogP) is 2.73. The van der Waals surface area contributed by atoms with Gasteiger partial charge in [0.1, 0.15) is 0 Å². The first-order valence-electron chi connectivity index (χ1n) is 6.70. The number of urea groups is 1.